The molecule has 0 saturated carbocycles. The van der Waals surface area contributed by atoms with Gasteiger partial charge in [0.15, 0.2) is 23.7 Å². The van der Waals surface area contributed by atoms with Crippen molar-refractivity contribution in [2.75, 3.05) is 26.3 Å². The van der Waals surface area contributed by atoms with E-state index in [0.29, 0.717) is 23.0 Å². The van der Waals surface area contributed by atoms with Gasteiger partial charge in [0.2, 0.25) is 0 Å². The first-order valence-electron chi connectivity index (χ1n) is 15.1. The largest absolute Gasteiger partial charge is 0.373 e. The van der Waals surface area contributed by atoms with Crippen molar-refractivity contribution in [1.82, 2.24) is 24.9 Å². The molecule has 3 aliphatic heterocycles. The molecular formula is C32H29ClF3N5O5S. The Bertz CT molecular complexity index is 1740. The Labute approximate surface area is 277 Å². The summed E-state index contributed by atoms with van der Waals surface area (Å²) in [5.41, 5.74) is 0.422. The summed E-state index contributed by atoms with van der Waals surface area (Å²) < 4.78 is 69.1. The lowest BCUT2D eigenvalue weighted by Crippen LogP contribution is -2.59. The number of hydrogen-bond donors (Lipinski definition) is 0. The number of thioether (sulfide) groups is 1. The number of carbonyl (C=O) groups is 1. The highest BCUT2D eigenvalue weighted by atomic mass is 35.5. The normalized spacial score (nSPS) is 25.7. The van der Waals surface area contributed by atoms with E-state index in [9.17, 15) is 18.0 Å². The lowest BCUT2D eigenvalue weighted by Gasteiger charge is -2.49. The first-order valence-corrected chi connectivity index (χ1v) is 16.3. The van der Waals surface area contributed by atoms with Gasteiger partial charge >= 0.3 is 0 Å². The van der Waals surface area contributed by atoms with Gasteiger partial charge in [0, 0.05) is 41.9 Å². The number of halogens is 4. The topological polar surface area (TPSA) is 101 Å². The van der Waals surface area contributed by atoms with Crippen molar-refractivity contribution in [3.8, 4) is 11.3 Å². The number of aromatic nitrogens is 4. The van der Waals surface area contributed by atoms with Crippen LogP contribution >= 0.6 is 23.4 Å². The highest BCUT2D eigenvalue weighted by molar-refractivity contribution is 8.00. The van der Waals surface area contributed by atoms with Crippen LogP contribution in [0, 0.1) is 17.5 Å². The van der Waals surface area contributed by atoms with E-state index >= 15 is 0 Å². The number of carbonyl (C=O) groups excluding carboxylic acids is 1. The Morgan fingerprint density at radius 2 is 1.87 bits per heavy atom. The summed E-state index contributed by atoms with van der Waals surface area (Å²) in [6, 6.07) is 12.1. The average molecular weight is 688 g/mol. The van der Waals surface area contributed by atoms with Crippen molar-refractivity contribution in [3.05, 3.63) is 94.7 Å². The quantitative estimate of drug-likeness (QED) is 0.212. The first-order chi connectivity index (χ1) is 22.8. The first kappa shape index (κ1) is 32.0. The molecule has 0 N–H and O–H groups in total. The Morgan fingerprint density at radius 3 is 2.57 bits per heavy atom. The second kappa shape index (κ2) is 13.5. The van der Waals surface area contributed by atoms with Gasteiger partial charge in [0.05, 0.1) is 17.8 Å². The molecule has 6 atom stereocenters. The molecule has 3 saturated heterocycles. The molecule has 7 rings (SSSR count). The summed E-state index contributed by atoms with van der Waals surface area (Å²) >= 11 is 7.59. The van der Waals surface area contributed by atoms with Gasteiger partial charge < -0.3 is 23.8 Å². The smallest absolute Gasteiger partial charge is 0.273 e. The summed E-state index contributed by atoms with van der Waals surface area (Å²) in [6.07, 6.45) is 1.08. The zero-order valence-electron chi connectivity index (χ0n) is 25.0. The molecule has 0 spiro atoms. The van der Waals surface area contributed by atoms with Crippen LogP contribution in [0.25, 0.3) is 11.3 Å². The molecule has 0 aliphatic carbocycles. The predicted molar refractivity (Wildman–Crippen MR) is 164 cm³/mol. The summed E-state index contributed by atoms with van der Waals surface area (Å²) in [7, 11) is 0. The van der Waals surface area contributed by atoms with Gasteiger partial charge in [-0.1, -0.05) is 58.9 Å². The number of rotatable bonds is 8. The fourth-order valence-corrected chi connectivity index (χ4v) is 7.33. The highest BCUT2D eigenvalue weighted by Gasteiger charge is 2.52. The summed E-state index contributed by atoms with van der Waals surface area (Å²) in [6.45, 7) is 3.56. The number of hydrogen-bond acceptors (Lipinski definition) is 9. The van der Waals surface area contributed by atoms with Crippen LogP contribution in [0.5, 0.6) is 0 Å². The Kier molecular flexibility index (Phi) is 9.22. The van der Waals surface area contributed by atoms with Crippen molar-refractivity contribution in [1.29, 1.82) is 0 Å². The second-order valence-electron chi connectivity index (χ2n) is 11.2. The van der Waals surface area contributed by atoms with Crippen molar-refractivity contribution in [3.63, 3.8) is 0 Å². The van der Waals surface area contributed by atoms with Crippen LogP contribution in [0.2, 0.25) is 5.02 Å². The van der Waals surface area contributed by atoms with Crippen LogP contribution in [-0.2, 0) is 18.9 Å². The third kappa shape index (κ3) is 6.37. The summed E-state index contributed by atoms with van der Waals surface area (Å²) in [5.74, 6) is -4.47. The van der Waals surface area contributed by atoms with Gasteiger partial charge in [-0.15, -0.1) is 5.10 Å². The molecule has 1 amide bonds. The maximum absolute atomic E-state index is 14.1. The third-order valence-corrected chi connectivity index (χ3v) is 9.63. The van der Waals surface area contributed by atoms with Crippen LogP contribution in [0.3, 0.4) is 0 Å². The van der Waals surface area contributed by atoms with Crippen LogP contribution in [0.15, 0.2) is 65.8 Å². The van der Waals surface area contributed by atoms with E-state index in [1.807, 2.05) is 37.3 Å². The van der Waals surface area contributed by atoms with E-state index in [2.05, 4.69) is 15.3 Å². The van der Waals surface area contributed by atoms with Gasteiger partial charge in [-0.2, -0.15) is 0 Å². The van der Waals surface area contributed by atoms with Gasteiger partial charge in [-0.25, -0.2) is 22.8 Å². The summed E-state index contributed by atoms with van der Waals surface area (Å²) in [4.78, 5) is 19.9. The molecule has 10 nitrogen and oxygen atoms in total. The summed E-state index contributed by atoms with van der Waals surface area (Å²) in [5, 5.41) is 8.84. The molecular weight excluding hydrogens is 659 g/mol. The fraction of sp³-hybridized carbons (Fsp3) is 0.375. The molecule has 0 radical (unpaired) electrons. The van der Waals surface area contributed by atoms with E-state index in [1.165, 1.54) is 28.8 Å². The van der Waals surface area contributed by atoms with E-state index in [1.54, 1.807) is 11.0 Å². The maximum atomic E-state index is 14.1. The Hall–Kier alpha value is -3.53. The number of amides is 1. The second-order valence-corrected chi connectivity index (χ2v) is 12.8. The number of likely N-dealkylation sites (tertiary alicyclic amines) is 1. The van der Waals surface area contributed by atoms with Crippen LogP contribution in [0.4, 0.5) is 13.2 Å². The minimum Gasteiger partial charge on any atom is -0.373 e. The van der Waals surface area contributed by atoms with Gasteiger partial charge in [-0.3, -0.25) is 4.79 Å². The number of pyridine rings is 1. The molecule has 2 aromatic heterocycles. The SMILES string of the molecule is CCO[C@H]1C(n2cc(-c3cc(F)c(F)c(F)c3)nn2)[C@H]2OC(c3ccccc3)OCC2O[C@@H]1Sc1cc(Cl)cnc1C(=O)N1CCC1. The number of ether oxygens (including phenoxy) is 4. The van der Waals surface area contributed by atoms with Crippen LogP contribution < -0.4 is 0 Å². The lowest BCUT2D eigenvalue weighted by molar-refractivity contribution is -0.309. The molecule has 2 aromatic carbocycles. The molecule has 246 valence electrons. The van der Waals surface area contributed by atoms with Gasteiger partial charge in [-0.05, 0) is 31.5 Å². The zero-order chi connectivity index (χ0) is 32.7. The molecule has 3 fully saturated rings. The van der Waals surface area contributed by atoms with Gasteiger partial charge in [0.1, 0.15) is 41.2 Å². The Morgan fingerprint density at radius 1 is 1.11 bits per heavy atom. The average Bonchev–Trinajstić information content (AvgIpc) is 3.53. The van der Waals surface area contributed by atoms with Gasteiger partial charge in [0.25, 0.3) is 5.91 Å². The van der Waals surface area contributed by atoms with Crippen molar-refractivity contribution < 1.29 is 36.9 Å². The molecule has 5 heterocycles. The number of benzene rings is 2. The Balaban J connectivity index is 1.27. The van der Waals surface area contributed by atoms with Crippen LogP contribution in [-0.4, -0.2) is 80.8 Å². The monoisotopic (exact) mass is 687 g/mol. The maximum Gasteiger partial charge on any atom is 0.273 e. The standard InChI is InChI=1S/C32H29ClF3N5O5S/c1-2-43-29-27(41-15-22(38-39-41)18-11-20(34)25(36)21(35)12-18)28-23(16-44-31(46-28)17-7-4-3-5-8-17)45-32(29)47-24-13-19(33)14-37-26(24)30(42)40-9-6-10-40/h3-5,7-8,11-15,23,27-29,31-32H,2,6,9-10,16H2,1H3/t23?,27?,28-,29-,31?,32+/m0/s1. The minimum absolute atomic E-state index is 0.00403. The highest BCUT2D eigenvalue weighted by Crippen LogP contribution is 2.45. The van der Waals surface area contributed by atoms with E-state index in [4.69, 9.17) is 30.5 Å². The fourth-order valence-electron chi connectivity index (χ4n) is 5.84. The molecule has 3 aliphatic rings. The lowest BCUT2D eigenvalue weighted by atomic mass is 9.95. The van der Waals surface area contributed by atoms with Crippen LogP contribution in [0.1, 0.15) is 41.7 Å². The number of nitrogens with zero attached hydrogens (tertiary/aromatic N) is 5. The predicted octanol–water partition coefficient (Wildman–Crippen LogP) is 5.83. The van der Waals surface area contributed by atoms with Crippen molar-refractivity contribution in [2.45, 2.75) is 54.3 Å². The van der Waals surface area contributed by atoms with E-state index in [-0.39, 0.29) is 36.1 Å². The molecule has 15 heteroatoms. The third-order valence-electron chi connectivity index (χ3n) is 8.24. The number of fused-ring (bicyclic) bond motifs is 1. The molecule has 4 aromatic rings. The van der Waals surface area contributed by atoms with E-state index in [0.717, 1.165) is 24.1 Å². The van der Waals surface area contributed by atoms with Crippen molar-refractivity contribution >= 4 is 29.3 Å². The minimum atomic E-state index is -1.57. The van der Waals surface area contributed by atoms with E-state index < -0.39 is 53.5 Å². The zero-order valence-corrected chi connectivity index (χ0v) is 26.5. The molecule has 3 unspecified atom stereocenters. The molecule has 0 bridgehead atoms. The van der Waals surface area contributed by atoms with Crippen molar-refractivity contribution in [2.24, 2.45) is 0 Å². The molecule has 47 heavy (non-hydrogen) atoms.